The van der Waals surface area contributed by atoms with Crippen LogP contribution < -0.4 is 10.4 Å². The largest absolute Gasteiger partial charge is 0.496 e. The van der Waals surface area contributed by atoms with Crippen molar-refractivity contribution in [2.75, 3.05) is 11.4 Å². The zero-order valence-corrected chi connectivity index (χ0v) is 16.5. The Morgan fingerprint density at radius 3 is 2.36 bits per heavy atom. The van der Waals surface area contributed by atoms with E-state index in [-0.39, 0.29) is 17.1 Å². The molecular formula is C19H29BN2O3. The average molecular weight is 344 g/mol. The van der Waals surface area contributed by atoms with E-state index in [4.69, 9.17) is 9.31 Å². The Hall–Kier alpha value is -1.40. The van der Waals surface area contributed by atoms with Gasteiger partial charge in [-0.15, -0.1) is 0 Å². The molecular weight excluding hydrogens is 315 g/mol. The fraction of sp³-hybridized carbons (Fsp3) is 0.684. The van der Waals surface area contributed by atoms with Gasteiger partial charge >= 0.3 is 7.12 Å². The standard InChI is InChI=1S/C19H29BN2O3/c1-17(2,3)16(23)22-10-8-9-13-11-14(12-21-15(13)22)20-24-18(4,5)19(6,7)25-20/h11-12H,8-10H2,1-7H3. The van der Waals surface area contributed by atoms with E-state index in [1.54, 1.807) is 6.20 Å². The maximum absolute atomic E-state index is 12.7. The zero-order chi connectivity index (χ0) is 18.6. The molecule has 1 aromatic rings. The summed E-state index contributed by atoms with van der Waals surface area (Å²) in [5.74, 6) is 0.899. The van der Waals surface area contributed by atoms with Crippen LogP contribution >= 0.6 is 0 Å². The SMILES string of the molecule is CC(C)(C)C(=O)N1CCCc2cc(B3OC(C)(C)C(C)(C)O3)cnc21. The number of hydrogen-bond acceptors (Lipinski definition) is 4. The van der Waals surface area contributed by atoms with Crippen LogP contribution in [0.3, 0.4) is 0 Å². The number of rotatable bonds is 1. The first-order valence-electron chi connectivity index (χ1n) is 9.09. The normalized spacial score (nSPS) is 22.0. The van der Waals surface area contributed by atoms with Crippen molar-refractivity contribution in [1.29, 1.82) is 0 Å². The molecule has 6 heteroatoms. The number of fused-ring (bicyclic) bond motifs is 1. The fourth-order valence-corrected chi connectivity index (χ4v) is 3.19. The molecule has 1 fully saturated rings. The predicted octanol–water partition coefficient (Wildman–Crippen LogP) is 2.71. The van der Waals surface area contributed by atoms with Gasteiger partial charge in [-0.25, -0.2) is 4.98 Å². The Kier molecular flexibility index (Phi) is 4.28. The molecule has 5 nitrogen and oxygen atoms in total. The van der Waals surface area contributed by atoms with Crippen molar-refractivity contribution in [3.05, 3.63) is 17.8 Å². The van der Waals surface area contributed by atoms with Gasteiger partial charge in [-0.05, 0) is 46.1 Å². The van der Waals surface area contributed by atoms with E-state index in [1.807, 2.05) is 53.4 Å². The van der Waals surface area contributed by atoms with E-state index >= 15 is 0 Å². The second-order valence-corrected chi connectivity index (χ2v) is 9.15. The first kappa shape index (κ1) is 18.4. The molecule has 3 heterocycles. The van der Waals surface area contributed by atoms with Gasteiger partial charge in [0.1, 0.15) is 5.82 Å². The number of hydrogen-bond donors (Lipinski definition) is 0. The lowest BCUT2D eigenvalue weighted by Crippen LogP contribution is -2.44. The fourth-order valence-electron chi connectivity index (χ4n) is 3.19. The lowest BCUT2D eigenvalue weighted by Gasteiger charge is -2.33. The minimum Gasteiger partial charge on any atom is -0.399 e. The van der Waals surface area contributed by atoms with E-state index in [2.05, 4.69) is 11.1 Å². The van der Waals surface area contributed by atoms with Crippen LogP contribution in [0.25, 0.3) is 0 Å². The summed E-state index contributed by atoms with van der Waals surface area (Å²) < 4.78 is 12.3. The van der Waals surface area contributed by atoms with Gasteiger partial charge in [-0.3, -0.25) is 9.69 Å². The molecule has 3 rings (SSSR count). The van der Waals surface area contributed by atoms with E-state index in [0.717, 1.165) is 36.2 Å². The number of anilines is 1. The monoisotopic (exact) mass is 344 g/mol. The summed E-state index contributed by atoms with van der Waals surface area (Å²) in [4.78, 5) is 19.2. The van der Waals surface area contributed by atoms with Crippen LogP contribution in [0.1, 0.15) is 60.5 Å². The summed E-state index contributed by atoms with van der Waals surface area (Å²) in [5.41, 5.74) is 0.850. The number of carbonyl (C=O) groups excluding carboxylic acids is 1. The molecule has 2 aliphatic rings. The number of nitrogens with zero attached hydrogens (tertiary/aromatic N) is 2. The van der Waals surface area contributed by atoms with Crippen LogP contribution in [0.2, 0.25) is 0 Å². The molecule has 0 bridgehead atoms. The number of pyridine rings is 1. The summed E-state index contributed by atoms with van der Waals surface area (Å²) >= 11 is 0. The Morgan fingerprint density at radius 2 is 1.80 bits per heavy atom. The Bertz CT molecular complexity index is 678. The van der Waals surface area contributed by atoms with Crippen molar-refractivity contribution < 1.29 is 14.1 Å². The van der Waals surface area contributed by atoms with Crippen molar-refractivity contribution in [3.8, 4) is 0 Å². The van der Waals surface area contributed by atoms with Gasteiger partial charge in [0.2, 0.25) is 5.91 Å². The van der Waals surface area contributed by atoms with Crippen molar-refractivity contribution in [3.63, 3.8) is 0 Å². The topological polar surface area (TPSA) is 51.7 Å². The van der Waals surface area contributed by atoms with E-state index in [9.17, 15) is 4.79 Å². The van der Waals surface area contributed by atoms with E-state index < -0.39 is 12.5 Å². The molecule has 0 unspecified atom stereocenters. The lowest BCUT2D eigenvalue weighted by atomic mass is 9.79. The van der Waals surface area contributed by atoms with Crippen molar-refractivity contribution >= 4 is 24.3 Å². The highest BCUT2D eigenvalue weighted by atomic mass is 16.7. The highest BCUT2D eigenvalue weighted by Crippen LogP contribution is 2.37. The Balaban J connectivity index is 1.90. The predicted molar refractivity (Wildman–Crippen MR) is 100 cm³/mol. The molecule has 2 aliphatic heterocycles. The minimum atomic E-state index is -0.420. The number of carbonyl (C=O) groups is 1. The second kappa shape index (κ2) is 5.81. The van der Waals surface area contributed by atoms with Gasteiger partial charge in [-0.1, -0.05) is 26.8 Å². The molecule has 25 heavy (non-hydrogen) atoms. The third-order valence-corrected chi connectivity index (χ3v) is 5.46. The van der Waals surface area contributed by atoms with Gasteiger partial charge in [-0.2, -0.15) is 0 Å². The van der Waals surface area contributed by atoms with E-state index in [0.29, 0.717) is 0 Å². The summed E-state index contributed by atoms with van der Waals surface area (Å²) in [6.07, 6.45) is 3.65. The summed E-state index contributed by atoms with van der Waals surface area (Å²) in [6, 6.07) is 2.09. The molecule has 0 saturated carbocycles. The van der Waals surface area contributed by atoms with Crippen LogP contribution in [-0.2, 0) is 20.5 Å². The molecule has 0 atom stereocenters. The van der Waals surface area contributed by atoms with Crippen LogP contribution in [0.4, 0.5) is 5.82 Å². The van der Waals surface area contributed by atoms with Crippen molar-refractivity contribution in [2.45, 2.75) is 72.5 Å². The highest BCUT2D eigenvalue weighted by molar-refractivity contribution is 6.62. The smallest absolute Gasteiger partial charge is 0.399 e. The Morgan fingerprint density at radius 1 is 1.20 bits per heavy atom. The van der Waals surface area contributed by atoms with Crippen LogP contribution in [0.15, 0.2) is 12.3 Å². The highest BCUT2D eigenvalue weighted by Gasteiger charge is 2.52. The third-order valence-electron chi connectivity index (χ3n) is 5.46. The molecule has 1 amide bonds. The van der Waals surface area contributed by atoms with Gasteiger partial charge in [0.25, 0.3) is 0 Å². The Labute approximate surface area is 151 Å². The van der Waals surface area contributed by atoms with Crippen molar-refractivity contribution in [1.82, 2.24) is 4.98 Å². The molecule has 0 aliphatic carbocycles. The van der Waals surface area contributed by atoms with Crippen molar-refractivity contribution in [2.24, 2.45) is 5.41 Å². The molecule has 136 valence electrons. The first-order valence-corrected chi connectivity index (χ1v) is 9.09. The van der Waals surface area contributed by atoms with Crippen LogP contribution in [0.5, 0.6) is 0 Å². The maximum atomic E-state index is 12.7. The van der Waals surface area contributed by atoms with Gasteiger partial charge in [0.15, 0.2) is 0 Å². The van der Waals surface area contributed by atoms with Crippen LogP contribution in [0, 0.1) is 5.41 Å². The number of aryl methyl sites for hydroxylation is 1. The zero-order valence-electron chi connectivity index (χ0n) is 16.5. The molecule has 1 aromatic heterocycles. The van der Waals surface area contributed by atoms with Gasteiger partial charge in [0.05, 0.1) is 11.2 Å². The molecule has 0 N–H and O–H groups in total. The first-order chi connectivity index (χ1) is 11.4. The minimum absolute atomic E-state index is 0.115. The molecule has 0 spiro atoms. The van der Waals surface area contributed by atoms with Crippen LogP contribution in [-0.4, -0.2) is 35.8 Å². The quantitative estimate of drug-likeness (QED) is 0.735. The third kappa shape index (κ3) is 3.22. The van der Waals surface area contributed by atoms with Gasteiger partial charge in [0, 0.05) is 23.6 Å². The van der Waals surface area contributed by atoms with Gasteiger partial charge < -0.3 is 9.31 Å². The second-order valence-electron chi connectivity index (χ2n) is 9.15. The lowest BCUT2D eigenvalue weighted by molar-refractivity contribution is -0.125. The number of amides is 1. The summed E-state index contributed by atoms with van der Waals surface area (Å²) in [7, 11) is -0.420. The summed E-state index contributed by atoms with van der Waals surface area (Å²) in [6.45, 7) is 14.7. The molecule has 0 aromatic carbocycles. The average Bonchev–Trinajstić information content (AvgIpc) is 2.72. The van der Waals surface area contributed by atoms with E-state index in [1.165, 1.54) is 0 Å². The molecule has 1 saturated heterocycles. The number of aromatic nitrogens is 1. The molecule has 0 radical (unpaired) electrons. The maximum Gasteiger partial charge on any atom is 0.496 e. The summed E-state index contributed by atoms with van der Waals surface area (Å²) in [5, 5.41) is 0.